The fraction of sp³-hybridized carbons (Fsp3) is 0.214. The molecule has 0 unspecified atom stereocenters. The minimum Gasteiger partial charge on any atom is -0.546 e. The first kappa shape index (κ1) is 13.4. The molecule has 0 N–H and O–H groups in total. The Morgan fingerprint density at radius 1 is 1.32 bits per heavy atom. The summed E-state index contributed by atoms with van der Waals surface area (Å²) < 4.78 is 5.88. The van der Waals surface area contributed by atoms with Crippen molar-refractivity contribution in [3.63, 3.8) is 0 Å². The molecule has 0 atom stereocenters. The van der Waals surface area contributed by atoms with Gasteiger partial charge in [-0.3, -0.25) is 15.0 Å². The lowest BCUT2D eigenvalue weighted by molar-refractivity contribution is 0.582. The third-order valence-electron chi connectivity index (χ3n) is 2.40. The van der Waals surface area contributed by atoms with Crippen molar-refractivity contribution in [2.45, 2.75) is 20.0 Å². The second kappa shape index (κ2) is 6.24. The maximum absolute atomic E-state index is 5.88. The fourth-order valence-corrected chi connectivity index (χ4v) is 2.30. The van der Waals surface area contributed by atoms with Crippen LogP contribution in [-0.4, -0.2) is 25.2 Å². The normalized spacial score (nSPS) is 11.2. The van der Waals surface area contributed by atoms with Gasteiger partial charge in [-0.05, 0) is 37.7 Å². The molecule has 0 aliphatic carbocycles. The third-order valence-corrected chi connectivity index (χ3v) is 3.12. The standard InChI is InChI=1S/C14H17N3OSi/c1-11-4-5-14(18-19(2)3)13(8-11)17-10-12-9-15-6-7-16-12/h4-10,19H,1-3H3/p+1. The number of aromatic nitrogens is 2. The van der Waals surface area contributed by atoms with Gasteiger partial charge in [0.15, 0.2) is 0 Å². The number of rotatable bonds is 4. The summed E-state index contributed by atoms with van der Waals surface area (Å²) in [5.74, 6) is 0.840. The van der Waals surface area contributed by atoms with Crippen molar-refractivity contribution in [2.24, 2.45) is 4.99 Å². The summed E-state index contributed by atoms with van der Waals surface area (Å²) in [5.41, 5.74) is 2.73. The van der Waals surface area contributed by atoms with E-state index in [2.05, 4.69) is 28.1 Å². The van der Waals surface area contributed by atoms with E-state index in [4.69, 9.17) is 4.43 Å². The zero-order chi connectivity index (χ0) is 13.7. The van der Waals surface area contributed by atoms with Crippen molar-refractivity contribution in [3.05, 3.63) is 48.0 Å². The zero-order valence-electron chi connectivity index (χ0n) is 12.4. The average Bonchev–Trinajstić information content (AvgIpc) is 2.40. The van der Waals surface area contributed by atoms with E-state index in [1.165, 1.54) is 0 Å². The molecule has 0 radical (unpaired) electrons. The van der Waals surface area contributed by atoms with Crippen LogP contribution in [0.5, 0.6) is 5.75 Å². The average molecular weight is 272 g/mol. The summed E-state index contributed by atoms with van der Waals surface area (Å²) >= 11 is 0. The molecule has 1 aromatic carbocycles. The van der Waals surface area contributed by atoms with E-state index in [0.717, 1.165) is 22.7 Å². The van der Waals surface area contributed by atoms with Crippen LogP contribution in [0.1, 0.15) is 12.7 Å². The maximum Gasteiger partial charge on any atom is 1.00 e. The molecule has 0 saturated heterocycles. The molecule has 1 aromatic heterocycles. The second-order valence-corrected chi connectivity index (χ2v) is 6.86. The summed E-state index contributed by atoms with van der Waals surface area (Å²) in [7, 11) is -1.14. The first-order chi connectivity index (χ1) is 9.15. The summed E-state index contributed by atoms with van der Waals surface area (Å²) in [4.78, 5) is 12.6. The van der Waals surface area contributed by atoms with Gasteiger partial charge in [0.25, 0.3) is 0 Å². The number of nitrogens with zero attached hydrogens (tertiary/aromatic N) is 3. The molecule has 1 heterocycles. The van der Waals surface area contributed by atoms with E-state index in [1.807, 2.05) is 25.1 Å². The summed E-state index contributed by atoms with van der Waals surface area (Å²) in [6.07, 6.45) is 6.67. The smallest absolute Gasteiger partial charge is 0.546 e. The molecule has 0 fully saturated rings. The monoisotopic (exact) mass is 272 g/mol. The molecule has 2 rings (SSSR count). The summed E-state index contributed by atoms with van der Waals surface area (Å²) in [6.45, 7) is 6.31. The van der Waals surface area contributed by atoms with Gasteiger partial charge in [0.2, 0.25) is 9.04 Å². The van der Waals surface area contributed by atoms with Crippen molar-refractivity contribution in [1.29, 1.82) is 0 Å². The van der Waals surface area contributed by atoms with Gasteiger partial charge in [-0.15, -0.1) is 0 Å². The van der Waals surface area contributed by atoms with Crippen LogP contribution in [0.3, 0.4) is 0 Å². The minimum absolute atomic E-state index is 0. The Morgan fingerprint density at radius 3 is 2.84 bits per heavy atom. The molecule has 2 aromatic rings. The summed E-state index contributed by atoms with van der Waals surface area (Å²) in [5, 5.41) is 0. The lowest BCUT2D eigenvalue weighted by Crippen LogP contribution is -2.11. The number of hydrogen-bond donors (Lipinski definition) is 0. The van der Waals surface area contributed by atoms with Gasteiger partial charge in [0.1, 0.15) is 11.4 Å². The largest absolute Gasteiger partial charge is 1.00 e. The molecule has 0 aliphatic heterocycles. The highest BCUT2D eigenvalue weighted by Crippen LogP contribution is 2.28. The molecule has 0 spiro atoms. The Balaban J connectivity index is 0.00000200. The van der Waals surface area contributed by atoms with Crippen LogP contribution >= 0.6 is 0 Å². The van der Waals surface area contributed by atoms with Crippen molar-refractivity contribution in [1.82, 2.24) is 9.97 Å². The van der Waals surface area contributed by atoms with E-state index in [0.29, 0.717) is 0 Å². The molecule has 0 saturated carbocycles. The van der Waals surface area contributed by atoms with Crippen LogP contribution in [0.25, 0.3) is 0 Å². The molecule has 19 heavy (non-hydrogen) atoms. The fourth-order valence-electron chi connectivity index (χ4n) is 1.59. The van der Waals surface area contributed by atoms with Gasteiger partial charge >= 0.3 is 1.43 Å². The van der Waals surface area contributed by atoms with E-state index in [9.17, 15) is 0 Å². The quantitative estimate of drug-likeness (QED) is 0.635. The van der Waals surface area contributed by atoms with Crippen LogP contribution in [0.2, 0.25) is 13.1 Å². The van der Waals surface area contributed by atoms with Crippen LogP contribution in [0.4, 0.5) is 5.69 Å². The van der Waals surface area contributed by atoms with Gasteiger partial charge in [-0.2, -0.15) is 0 Å². The molecular weight excluding hydrogens is 254 g/mol. The predicted molar refractivity (Wildman–Crippen MR) is 81.1 cm³/mol. The van der Waals surface area contributed by atoms with Crippen LogP contribution in [0, 0.1) is 6.92 Å². The molecule has 4 nitrogen and oxygen atoms in total. The Bertz CT molecular complexity index is 576. The van der Waals surface area contributed by atoms with Gasteiger partial charge in [0.05, 0.1) is 18.1 Å². The highest BCUT2D eigenvalue weighted by atomic mass is 28.3. The Labute approximate surface area is 116 Å². The molecule has 5 heteroatoms. The highest BCUT2D eigenvalue weighted by Gasteiger charge is 2.05. The zero-order valence-corrected chi connectivity index (χ0v) is 12.5. The Hall–Kier alpha value is -2.01. The SMILES string of the molecule is Cc1ccc(O[SiH](C)C)c(N=Cc2cnccn2)c1.[H+]. The topological polar surface area (TPSA) is 47.4 Å². The predicted octanol–water partition coefficient (Wildman–Crippen LogP) is 3.01. The van der Waals surface area contributed by atoms with Crippen molar-refractivity contribution >= 4 is 20.9 Å². The van der Waals surface area contributed by atoms with E-state index in [-0.39, 0.29) is 1.43 Å². The van der Waals surface area contributed by atoms with Gasteiger partial charge in [-0.25, -0.2) is 0 Å². The van der Waals surface area contributed by atoms with E-state index < -0.39 is 9.04 Å². The first-order valence-electron chi connectivity index (χ1n) is 6.22. The van der Waals surface area contributed by atoms with E-state index >= 15 is 0 Å². The molecule has 0 aliphatic rings. The van der Waals surface area contributed by atoms with E-state index in [1.54, 1.807) is 24.8 Å². The number of aliphatic imine (C=N–C) groups is 1. The number of aryl methyl sites for hydroxylation is 1. The number of hydrogen-bond acceptors (Lipinski definition) is 4. The second-order valence-electron chi connectivity index (χ2n) is 4.53. The lowest BCUT2D eigenvalue weighted by atomic mass is 10.2. The molecule has 0 bridgehead atoms. The lowest BCUT2D eigenvalue weighted by Gasteiger charge is -2.12. The van der Waals surface area contributed by atoms with Crippen molar-refractivity contribution < 1.29 is 5.85 Å². The minimum atomic E-state index is -1.14. The van der Waals surface area contributed by atoms with Crippen LogP contribution in [0.15, 0.2) is 41.8 Å². The molecular formula is C14H18N3OSi+. The van der Waals surface area contributed by atoms with Gasteiger partial charge in [0, 0.05) is 12.4 Å². The van der Waals surface area contributed by atoms with Crippen molar-refractivity contribution in [2.75, 3.05) is 0 Å². The number of benzene rings is 1. The van der Waals surface area contributed by atoms with Gasteiger partial charge < -0.3 is 4.43 Å². The summed E-state index contributed by atoms with van der Waals surface area (Å²) in [6, 6.07) is 6.03. The highest BCUT2D eigenvalue weighted by molar-refractivity contribution is 6.49. The first-order valence-corrected chi connectivity index (χ1v) is 9.00. The third kappa shape index (κ3) is 3.99. The Morgan fingerprint density at radius 2 is 2.16 bits per heavy atom. The van der Waals surface area contributed by atoms with Crippen molar-refractivity contribution in [3.8, 4) is 5.75 Å². The van der Waals surface area contributed by atoms with Gasteiger partial charge in [-0.1, -0.05) is 6.07 Å². The Kier molecular flexibility index (Phi) is 4.41. The molecule has 98 valence electrons. The maximum atomic E-state index is 5.88. The van der Waals surface area contributed by atoms with Crippen LogP contribution < -0.4 is 4.43 Å². The van der Waals surface area contributed by atoms with Crippen LogP contribution in [-0.2, 0) is 0 Å². The molecule has 0 amide bonds.